The van der Waals surface area contributed by atoms with Crippen LogP contribution in [0.2, 0.25) is 11.4 Å². The van der Waals surface area contributed by atoms with Gasteiger partial charge in [0, 0.05) is 0 Å². The van der Waals surface area contributed by atoms with E-state index in [1.54, 1.807) is 0 Å². The van der Waals surface area contributed by atoms with Crippen LogP contribution in [-0.2, 0) is 31.9 Å². The smallest absolute Gasteiger partial charge is 0.213 e. The van der Waals surface area contributed by atoms with Gasteiger partial charge in [0.15, 0.2) is 0 Å². The normalized spacial score (nSPS) is 9.78. The van der Waals surface area contributed by atoms with Gasteiger partial charge in [-0.3, -0.25) is 0 Å². The molecule has 0 aliphatic heterocycles. The number of aryl methyl sites for hydroxylation is 1. The standard InChI is InChI=1S/C7H8OP.C4H9N.C2H6As.Nb/c8-9-6-5-7-3-1-2-4-7;1-4(2,3)5;1-3-2;/h1-4H,5-6H2;1-3H3;1-2H3;/q-1;;;/p+1. The molecule has 0 N–H and O–H groups in total. The zero-order valence-corrected chi connectivity index (χ0v) is 17.0. The molecule has 0 saturated heterocycles. The van der Waals surface area contributed by atoms with Gasteiger partial charge >= 0.3 is 86.2 Å². The first-order valence-corrected chi connectivity index (χ1v) is 11.7. The van der Waals surface area contributed by atoms with Crippen LogP contribution in [0.4, 0.5) is 0 Å². The van der Waals surface area contributed by atoms with Gasteiger partial charge in [-0.2, -0.15) is 17.7 Å². The molecule has 0 fully saturated rings. The SMILES string of the molecule is CC(C)(C)[N]=[Nb].C[As]C.O=[PH+]CCc1ccc[cH-]1. The first-order valence-electron chi connectivity index (χ1n) is 5.81. The van der Waals surface area contributed by atoms with Crippen LogP contribution >= 0.6 is 8.46 Å². The van der Waals surface area contributed by atoms with Crippen LogP contribution in [0.1, 0.15) is 26.3 Å². The number of rotatable bonds is 3. The first-order chi connectivity index (χ1) is 8.41. The predicted molar refractivity (Wildman–Crippen MR) is 79.3 cm³/mol. The second kappa shape index (κ2) is 14.0. The van der Waals surface area contributed by atoms with Crippen molar-refractivity contribution < 1.29 is 25.5 Å². The van der Waals surface area contributed by atoms with Crippen LogP contribution in [0.25, 0.3) is 0 Å². The van der Waals surface area contributed by atoms with E-state index in [-0.39, 0.29) is 14.0 Å². The van der Waals surface area contributed by atoms with Gasteiger partial charge in [-0.05, 0) is 6.42 Å². The summed E-state index contributed by atoms with van der Waals surface area (Å²) in [6, 6.07) is 8.12. The molecular formula is C13H24AsNNbOP. The quantitative estimate of drug-likeness (QED) is 0.417. The Kier molecular flexibility index (Phi) is 16.2. The molecule has 2 nitrogen and oxygen atoms in total. The van der Waals surface area contributed by atoms with E-state index in [0.29, 0.717) is 15.8 Å². The van der Waals surface area contributed by atoms with Crippen molar-refractivity contribution in [3.8, 4) is 0 Å². The van der Waals surface area contributed by atoms with Crippen LogP contribution < -0.4 is 0 Å². The molecule has 18 heavy (non-hydrogen) atoms. The second-order valence-electron chi connectivity index (χ2n) is 4.66. The summed E-state index contributed by atoms with van der Waals surface area (Å²) < 4.78 is 14.1. The minimum Gasteiger partial charge on any atom is -0.213 e. The maximum atomic E-state index is 10.1. The number of nitrogens with zero attached hydrogens (tertiary/aromatic N) is 1. The Morgan fingerprint density at radius 1 is 1.44 bits per heavy atom. The Morgan fingerprint density at radius 2 is 1.94 bits per heavy atom. The minimum absolute atomic E-state index is 0.154. The van der Waals surface area contributed by atoms with E-state index in [1.165, 1.54) is 26.5 Å². The molecule has 0 bridgehead atoms. The first kappa shape index (κ1) is 20.9. The molecule has 0 spiro atoms. The Morgan fingerprint density at radius 3 is 2.22 bits per heavy atom. The van der Waals surface area contributed by atoms with Gasteiger partial charge in [-0.15, -0.1) is 0 Å². The van der Waals surface area contributed by atoms with Crippen molar-refractivity contribution in [3.63, 3.8) is 0 Å². The Labute approximate surface area is 132 Å². The van der Waals surface area contributed by atoms with Gasteiger partial charge in [0.05, 0.1) is 0 Å². The van der Waals surface area contributed by atoms with E-state index in [1.807, 2.05) is 12.1 Å². The second-order valence-corrected chi connectivity index (χ2v) is 7.81. The molecule has 1 aromatic rings. The van der Waals surface area contributed by atoms with E-state index < -0.39 is 0 Å². The van der Waals surface area contributed by atoms with Crippen molar-refractivity contribution >= 4 is 24.2 Å². The molecule has 1 atom stereocenters. The summed E-state index contributed by atoms with van der Waals surface area (Å²) in [5.41, 5.74) is 5.92. The van der Waals surface area contributed by atoms with E-state index in [2.05, 4.69) is 47.7 Å². The van der Waals surface area contributed by atoms with Crippen molar-refractivity contribution in [2.24, 2.45) is 3.34 Å². The fourth-order valence-electron chi connectivity index (χ4n) is 0.776. The van der Waals surface area contributed by atoms with Crippen LogP contribution in [0.5, 0.6) is 0 Å². The van der Waals surface area contributed by atoms with Crippen molar-refractivity contribution in [2.75, 3.05) is 6.16 Å². The summed E-state index contributed by atoms with van der Waals surface area (Å²) in [6.07, 6.45) is 1.75. The summed E-state index contributed by atoms with van der Waals surface area (Å²) in [5, 5.41) is 0. The number of hydrogen-bond acceptors (Lipinski definition) is 2. The molecule has 0 heterocycles. The van der Waals surface area contributed by atoms with Gasteiger partial charge in [0.25, 0.3) is 0 Å². The maximum Gasteiger partial charge on any atom is 0.325 e. The average molecular weight is 409 g/mol. The summed E-state index contributed by atoms with van der Waals surface area (Å²) in [6.45, 7) is 6.27. The maximum absolute atomic E-state index is 10.1. The molecule has 1 aromatic carbocycles. The Bertz CT molecular complexity index is 296. The Hall–Kier alpha value is 0.549. The fraction of sp³-hybridized carbons (Fsp3) is 0.615. The van der Waals surface area contributed by atoms with Crippen LogP contribution in [-0.4, -0.2) is 27.5 Å². The Balaban J connectivity index is 0. The third-order valence-electron chi connectivity index (χ3n) is 1.55. The van der Waals surface area contributed by atoms with Crippen molar-refractivity contribution in [2.45, 2.75) is 44.2 Å². The largest absolute Gasteiger partial charge is 0.325 e. The molecule has 0 saturated carbocycles. The predicted octanol–water partition coefficient (Wildman–Crippen LogP) is 4.27. The van der Waals surface area contributed by atoms with E-state index in [9.17, 15) is 4.57 Å². The molecule has 1 rings (SSSR count). The fourth-order valence-corrected chi connectivity index (χ4v) is 1.17. The van der Waals surface area contributed by atoms with E-state index in [0.717, 1.165) is 12.6 Å². The van der Waals surface area contributed by atoms with Crippen molar-refractivity contribution in [1.82, 2.24) is 0 Å². The average Bonchev–Trinajstić information content (AvgIpc) is 2.80. The number of hydrogen-bond donors (Lipinski definition) is 0. The molecule has 0 aromatic heterocycles. The minimum atomic E-state index is -0.154. The summed E-state index contributed by atoms with van der Waals surface area (Å²) in [7, 11) is -0.154. The molecule has 0 aliphatic carbocycles. The van der Waals surface area contributed by atoms with Crippen LogP contribution in [0, 0.1) is 0 Å². The van der Waals surface area contributed by atoms with Gasteiger partial charge in [0.1, 0.15) is 6.16 Å². The van der Waals surface area contributed by atoms with Gasteiger partial charge in [-0.1, -0.05) is 4.57 Å². The molecule has 5 heteroatoms. The third-order valence-corrected chi connectivity index (χ3v) is 3.48. The zero-order valence-electron chi connectivity index (χ0n) is 12.0. The van der Waals surface area contributed by atoms with Gasteiger partial charge in [-0.25, -0.2) is 12.1 Å². The molecule has 1 unspecified atom stereocenters. The molecule has 102 valence electrons. The molecular weight excluding hydrogens is 385 g/mol. The molecule has 1 radical (unpaired) electrons. The summed E-state index contributed by atoms with van der Waals surface area (Å²) >= 11 is 2.21. The van der Waals surface area contributed by atoms with E-state index in [4.69, 9.17) is 0 Å². The van der Waals surface area contributed by atoms with Crippen molar-refractivity contribution in [1.29, 1.82) is 0 Å². The monoisotopic (exact) mass is 409 g/mol. The summed E-state index contributed by atoms with van der Waals surface area (Å²) in [4.78, 5) is 0. The third kappa shape index (κ3) is 18.9. The summed E-state index contributed by atoms with van der Waals surface area (Å²) in [5.74, 6) is 0. The van der Waals surface area contributed by atoms with Gasteiger partial charge < -0.3 is 0 Å². The topological polar surface area (TPSA) is 29.4 Å². The van der Waals surface area contributed by atoms with Crippen LogP contribution in [0.3, 0.4) is 0 Å². The van der Waals surface area contributed by atoms with Crippen LogP contribution in [0.15, 0.2) is 27.6 Å². The molecule has 0 aliphatic rings. The zero-order chi connectivity index (χ0) is 14.4. The van der Waals surface area contributed by atoms with Gasteiger partial charge in [0.2, 0.25) is 0 Å². The molecule has 0 amide bonds. The van der Waals surface area contributed by atoms with E-state index >= 15 is 0 Å². The van der Waals surface area contributed by atoms with Crippen molar-refractivity contribution in [3.05, 3.63) is 29.8 Å².